The summed E-state index contributed by atoms with van der Waals surface area (Å²) < 4.78 is 38.1. The van der Waals surface area contributed by atoms with Crippen LogP contribution in [0.2, 0.25) is 0 Å². The van der Waals surface area contributed by atoms with Gasteiger partial charge in [-0.3, -0.25) is 4.79 Å². The Kier molecular flexibility index (Phi) is 4.74. The maximum atomic E-state index is 13.0. The molecule has 1 aliphatic carbocycles. The molecule has 0 unspecified atom stereocenters. The fraction of sp³-hybridized carbons (Fsp3) is 0.667. The molecule has 1 aromatic rings. The molecule has 0 spiro atoms. The van der Waals surface area contributed by atoms with Crippen LogP contribution in [0.25, 0.3) is 0 Å². The molecule has 2 heterocycles. The van der Waals surface area contributed by atoms with Crippen molar-refractivity contribution in [3.8, 4) is 0 Å². The first kappa shape index (κ1) is 16.5. The van der Waals surface area contributed by atoms with Crippen LogP contribution < -0.4 is 4.72 Å². The first-order valence-electron chi connectivity index (χ1n) is 7.98. The third kappa shape index (κ3) is 3.44. The standard InChI is InChI=1S/C15H22N2O5S/c18-14(17-8-11-21-12-9-17)15(6-2-1-3-7-15)16-23(19,20)13-5-4-10-22-13/h4-5,10,16H,1-3,6-9,11-12H2. The van der Waals surface area contributed by atoms with Crippen LogP contribution in [-0.4, -0.2) is 51.1 Å². The first-order chi connectivity index (χ1) is 11.0. The van der Waals surface area contributed by atoms with Crippen molar-refractivity contribution in [2.75, 3.05) is 26.3 Å². The molecule has 0 radical (unpaired) electrons. The summed E-state index contributed by atoms with van der Waals surface area (Å²) in [5, 5.41) is -0.155. The van der Waals surface area contributed by atoms with Crippen LogP contribution in [0.3, 0.4) is 0 Å². The number of hydrogen-bond donors (Lipinski definition) is 1. The summed E-state index contributed by atoms with van der Waals surface area (Å²) in [7, 11) is -3.85. The molecular formula is C15H22N2O5S. The number of rotatable bonds is 4. The Morgan fingerprint density at radius 1 is 1.17 bits per heavy atom. The molecule has 8 heteroatoms. The highest BCUT2D eigenvalue weighted by atomic mass is 32.2. The molecule has 7 nitrogen and oxygen atoms in total. The predicted octanol–water partition coefficient (Wildman–Crippen LogP) is 1.12. The Morgan fingerprint density at radius 2 is 1.87 bits per heavy atom. The van der Waals surface area contributed by atoms with Gasteiger partial charge in [0.15, 0.2) is 0 Å². The van der Waals surface area contributed by atoms with Gasteiger partial charge in [0.1, 0.15) is 5.54 Å². The van der Waals surface area contributed by atoms with Gasteiger partial charge in [0, 0.05) is 13.1 Å². The van der Waals surface area contributed by atoms with Crippen molar-refractivity contribution in [2.45, 2.75) is 42.7 Å². The van der Waals surface area contributed by atoms with Crippen LogP contribution in [0.4, 0.5) is 0 Å². The van der Waals surface area contributed by atoms with Gasteiger partial charge in [-0.15, -0.1) is 0 Å². The molecule has 0 aromatic carbocycles. The fourth-order valence-electron chi connectivity index (χ4n) is 3.31. The van der Waals surface area contributed by atoms with E-state index in [9.17, 15) is 13.2 Å². The maximum Gasteiger partial charge on any atom is 0.274 e. The largest absolute Gasteiger partial charge is 0.452 e. The smallest absolute Gasteiger partial charge is 0.274 e. The lowest BCUT2D eigenvalue weighted by molar-refractivity contribution is -0.143. The number of carbonyl (C=O) groups is 1. The average Bonchev–Trinajstić information content (AvgIpc) is 3.11. The number of ether oxygens (including phenoxy) is 1. The molecule has 1 amide bonds. The highest BCUT2D eigenvalue weighted by molar-refractivity contribution is 7.89. The van der Waals surface area contributed by atoms with Gasteiger partial charge in [-0.05, 0) is 25.0 Å². The van der Waals surface area contributed by atoms with Crippen LogP contribution in [-0.2, 0) is 19.6 Å². The second kappa shape index (κ2) is 6.62. The molecule has 128 valence electrons. The zero-order valence-electron chi connectivity index (χ0n) is 13.0. The Labute approximate surface area is 136 Å². The molecule has 2 aliphatic rings. The van der Waals surface area contributed by atoms with Crippen molar-refractivity contribution in [1.29, 1.82) is 0 Å². The van der Waals surface area contributed by atoms with Crippen molar-refractivity contribution in [3.05, 3.63) is 18.4 Å². The van der Waals surface area contributed by atoms with E-state index in [-0.39, 0.29) is 11.0 Å². The summed E-state index contributed by atoms with van der Waals surface area (Å²) in [5.41, 5.74) is -1.07. The number of amides is 1. The summed E-state index contributed by atoms with van der Waals surface area (Å²) in [4.78, 5) is 14.7. The molecule has 1 saturated heterocycles. The average molecular weight is 342 g/mol. The van der Waals surface area contributed by atoms with E-state index in [1.807, 2.05) is 0 Å². The van der Waals surface area contributed by atoms with E-state index >= 15 is 0 Å². The molecule has 1 aromatic heterocycles. The summed E-state index contributed by atoms with van der Waals surface area (Å²) in [6, 6.07) is 2.91. The zero-order chi connectivity index (χ0) is 16.3. The Bertz CT molecular complexity index is 629. The van der Waals surface area contributed by atoms with Crippen LogP contribution in [0.5, 0.6) is 0 Å². The molecule has 1 aliphatic heterocycles. The van der Waals surface area contributed by atoms with E-state index in [4.69, 9.17) is 9.15 Å². The minimum atomic E-state index is -3.85. The van der Waals surface area contributed by atoms with Crippen LogP contribution in [0.1, 0.15) is 32.1 Å². The van der Waals surface area contributed by atoms with Crippen LogP contribution >= 0.6 is 0 Å². The van der Waals surface area contributed by atoms with E-state index in [0.717, 1.165) is 19.3 Å². The van der Waals surface area contributed by atoms with E-state index in [0.29, 0.717) is 39.1 Å². The lowest BCUT2D eigenvalue weighted by atomic mass is 9.81. The molecule has 1 N–H and O–H groups in total. The minimum Gasteiger partial charge on any atom is -0.452 e. The first-order valence-corrected chi connectivity index (χ1v) is 9.46. The molecule has 3 rings (SSSR count). The van der Waals surface area contributed by atoms with Gasteiger partial charge < -0.3 is 14.1 Å². The van der Waals surface area contributed by atoms with E-state index in [1.54, 1.807) is 4.90 Å². The third-order valence-electron chi connectivity index (χ3n) is 4.50. The molecule has 1 saturated carbocycles. The number of carbonyl (C=O) groups excluding carboxylic acids is 1. The highest BCUT2D eigenvalue weighted by Crippen LogP contribution is 2.32. The van der Waals surface area contributed by atoms with Crippen molar-refractivity contribution >= 4 is 15.9 Å². The van der Waals surface area contributed by atoms with Crippen LogP contribution in [0, 0.1) is 0 Å². The monoisotopic (exact) mass is 342 g/mol. The summed E-state index contributed by atoms with van der Waals surface area (Å²) >= 11 is 0. The van der Waals surface area contributed by atoms with Gasteiger partial charge >= 0.3 is 0 Å². The number of morpholine rings is 1. The van der Waals surface area contributed by atoms with Gasteiger partial charge in [0.2, 0.25) is 11.0 Å². The number of nitrogens with one attached hydrogen (secondary N) is 1. The van der Waals surface area contributed by atoms with E-state index in [1.165, 1.54) is 18.4 Å². The Balaban J connectivity index is 1.86. The fourth-order valence-corrected chi connectivity index (χ4v) is 4.65. The number of furan rings is 1. The van der Waals surface area contributed by atoms with Crippen molar-refractivity contribution in [2.24, 2.45) is 0 Å². The molecule has 2 fully saturated rings. The van der Waals surface area contributed by atoms with Crippen molar-refractivity contribution in [1.82, 2.24) is 9.62 Å². The highest BCUT2D eigenvalue weighted by Gasteiger charge is 2.45. The normalized spacial score (nSPS) is 22.0. The zero-order valence-corrected chi connectivity index (χ0v) is 13.8. The van der Waals surface area contributed by atoms with E-state index in [2.05, 4.69) is 4.72 Å². The third-order valence-corrected chi connectivity index (χ3v) is 5.93. The summed E-state index contributed by atoms with van der Waals surface area (Å²) in [6.45, 7) is 1.99. The van der Waals surface area contributed by atoms with Gasteiger partial charge in [0.05, 0.1) is 19.5 Å². The maximum absolute atomic E-state index is 13.0. The molecule has 0 atom stereocenters. The Hall–Kier alpha value is -1.38. The van der Waals surface area contributed by atoms with E-state index < -0.39 is 15.6 Å². The van der Waals surface area contributed by atoms with Crippen LogP contribution in [0.15, 0.2) is 27.9 Å². The molecular weight excluding hydrogens is 320 g/mol. The minimum absolute atomic E-state index is 0.143. The lowest BCUT2D eigenvalue weighted by Gasteiger charge is -2.40. The summed E-state index contributed by atoms with van der Waals surface area (Å²) in [6.07, 6.45) is 5.02. The number of nitrogens with zero attached hydrogens (tertiary/aromatic N) is 1. The number of hydrogen-bond acceptors (Lipinski definition) is 5. The van der Waals surface area contributed by atoms with Gasteiger partial charge in [-0.2, -0.15) is 4.72 Å². The quantitative estimate of drug-likeness (QED) is 0.886. The summed E-state index contributed by atoms with van der Waals surface area (Å²) in [5.74, 6) is -0.143. The van der Waals surface area contributed by atoms with Crippen molar-refractivity contribution in [3.63, 3.8) is 0 Å². The van der Waals surface area contributed by atoms with Gasteiger partial charge in [-0.1, -0.05) is 19.3 Å². The molecule has 0 bridgehead atoms. The Morgan fingerprint density at radius 3 is 2.48 bits per heavy atom. The second-order valence-corrected chi connectivity index (χ2v) is 7.70. The predicted molar refractivity (Wildman–Crippen MR) is 82.2 cm³/mol. The lowest BCUT2D eigenvalue weighted by Crippen LogP contribution is -2.61. The van der Waals surface area contributed by atoms with Gasteiger partial charge in [0.25, 0.3) is 10.0 Å². The number of sulfonamides is 1. The molecule has 23 heavy (non-hydrogen) atoms. The second-order valence-electron chi connectivity index (χ2n) is 6.08. The SMILES string of the molecule is O=C(N1CCOCC1)C1(NS(=O)(=O)c2ccco2)CCCCC1. The van der Waals surface area contributed by atoms with Gasteiger partial charge in [-0.25, -0.2) is 8.42 Å². The topological polar surface area (TPSA) is 88.9 Å². The van der Waals surface area contributed by atoms with Crippen molar-refractivity contribution < 1.29 is 22.4 Å².